The lowest BCUT2D eigenvalue weighted by Crippen LogP contribution is -2.45. The van der Waals surface area contributed by atoms with Crippen molar-refractivity contribution in [1.29, 1.82) is 0 Å². The molecule has 0 radical (unpaired) electrons. The maximum Gasteiger partial charge on any atom is 0.322 e. The molecule has 0 amide bonds. The molecule has 9 heteroatoms. The van der Waals surface area contributed by atoms with E-state index in [0.29, 0.717) is 12.5 Å². The van der Waals surface area contributed by atoms with Gasteiger partial charge in [0.15, 0.2) is 0 Å². The zero-order valence-electron chi connectivity index (χ0n) is 11.2. The number of carboxylic acid groups (broad SMARTS) is 1. The lowest BCUT2D eigenvalue weighted by atomic mass is 10.0. The van der Waals surface area contributed by atoms with E-state index in [1.54, 1.807) is 13.8 Å². The Labute approximate surface area is 129 Å². The number of halogens is 3. The van der Waals surface area contributed by atoms with Gasteiger partial charge >= 0.3 is 5.97 Å². The number of nitrogens with one attached hydrogen (secondary N) is 1. The Morgan fingerprint density at radius 1 is 1.43 bits per heavy atom. The van der Waals surface area contributed by atoms with Gasteiger partial charge in [0.05, 0.1) is 0 Å². The van der Waals surface area contributed by atoms with Crippen LogP contribution in [-0.4, -0.2) is 25.5 Å². The van der Waals surface area contributed by atoms with Gasteiger partial charge in [-0.3, -0.25) is 4.79 Å². The van der Waals surface area contributed by atoms with Gasteiger partial charge in [-0.25, -0.2) is 17.2 Å². The fourth-order valence-corrected chi connectivity index (χ4v) is 4.12. The number of aliphatic carboxylic acids is 1. The Bertz CT molecular complexity index is 628. The van der Waals surface area contributed by atoms with Crippen molar-refractivity contribution in [2.24, 2.45) is 5.92 Å². The third-order valence-corrected chi connectivity index (χ3v) is 5.40. The fourth-order valence-electron chi connectivity index (χ4n) is 1.66. The first-order chi connectivity index (χ1) is 9.60. The first-order valence-corrected chi connectivity index (χ1v) is 8.27. The first-order valence-electron chi connectivity index (χ1n) is 5.99. The second-order valence-corrected chi connectivity index (χ2v) is 7.03. The summed E-state index contributed by atoms with van der Waals surface area (Å²) in [7, 11) is -4.46. The summed E-state index contributed by atoms with van der Waals surface area (Å²) in [5, 5.41) is 9.08. The Hall–Kier alpha value is -1.06. The number of benzene rings is 1. The van der Waals surface area contributed by atoms with Gasteiger partial charge < -0.3 is 5.11 Å². The van der Waals surface area contributed by atoms with Crippen LogP contribution in [0.15, 0.2) is 21.5 Å². The van der Waals surface area contributed by atoms with Gasteiger partial charge in [0.2, 0.25) is 10.0 Å². The highest BCUT2D eigenvalue weighted by Crippen LogP contribution is 2.27. The van der Waals surface area contributed by atoms with Gasteiger partial charge in [-0.05, 0) is 27.9 Å². The molecular weight excluding hydrogens is 372 g/mol. The second-order valence-electron chi connectivity index (χ2n) is 4.52. The Balaban J connectivity index is 3.26. The SMILES string of the molecule is CC[C@H](C)[C@H](NS(=O)(=O)c1c(F)cc(F)cc1Br)C(=O)O. The fraction of sp³-hybridized carbons (Fsp3) is 0.417. The van der Waals surface area contributed by atoms with Gasteiger partial charge in [0.25, 0.3) is 0 Å². The number of hydrogen-bond acceptors (Lipinski definition) is 3. The molecule has 0 bridgehead atoms. The summed E-state index contributed by atoms with van der Waals surface area (Å²) < 4.78 is 52.6. The van der Waals surface area contributed by atoms with E-state index in [2.05, 4.69) is 15.9 Å². The summed E-state index contributed by atoms with van der Waals surface area (Å²) in [6.07, 6.45) is 0.409. The number of sulfonamides is 1. The molecule has 21 heavy (non-hydrogen) atoms. The van der Waals surface area contributed by atoms with Crippen LogP contribution in [0.4, 0.5) is 8.78 Å². The molecule has 0 heterocycles. The van der Waals surface area contributed by atoms with Crippen LogP contribution < -0.4 is 4.72 Å². The van der Waals surface area contributed by atoms with E-state index in [1.807, 2.05) is 4.72 Å². The molecule has 1 rings (SSSR count). The minimum atomic E-state index is -4.46. The Morgan fingerprint density at radius 3 is 2.43 bits per heavy atom. The van der Waals surface area contributed by atoms with Crippen molar-refractivity contribution < 1.29 is 27.1 Å². The molecule has 0 aliphatic heterocycles. The Morgan fingerprint density at radius 2 is 2.00 bits per heavy atom. The summed E-state index contributed by atoms with van der Waals surface area (Å²) >= 11 is 2.77. The predicted octanol–water partition coefficient (Wildman–Crippen LogP) is 2.50. The monoisotopic (exact) mass is 385 g/mol. The smallest absolute Gasteiger partial charge is 0.322 e. The topological polar surface area (TPSA) is 83.5 Å². The lowest BCUT2D eigenvalue weighted by Gasteiger charge is -2.20. The summed E-state index contributed by atoms with van der Waals surface area (Å²) in [6.45, 7) is 3.25. The van der Waals surface area contributed by atoms with E-state index < -0.39 is 44.5 Å². The summed E-state index contributed by atoms with van der Waals surface area (Å²) in [5.74, 6) is -4.12. The van der Waals surface area contributed by atoms with Crippen LogP contribution in [0, 0.1) is 17.6 Å². The van der Waals surface area contributed by atoms with Gasteiger partial charge in [0.1, 0.15) is 22.6 Å². The standard InChI is InChI=1S/C12H14BrF2NO4S/c1-3-6(2)10(12(17)18)16-21(19,20)11-8(13)4-7(14)5-9(11)15/h4-6,10,16H,3H2,1-2H3,(H,17,18)/t6-,10-/m0/s1. The van der Waals surface area contributed by atoms with E-state index in [0.717, 1.165) is 6.07 Å². The highest BCUT2D eigenvalue weighted by Gasteiger charge is 2.32. The molecule has 1 aromatic rings. The number of carboxylic acids is 1. The quantitative estimate of drug-likeness (QED) is 0.787. The largest absolute Gasteiger partial charge is 0.480 e. The molecule has 2 N–H and O–H groups in total. The molecule has 0 unspecified atom stereocenters. The van der Waals surface area contributed by atoms with Crippen molar-refractivity contribution in [3.63, 3.8) is 0 Å². The van der Waals surface area contributed by atoms with Crippen molar-refractivity contribution in [1.82, 2.24) is 4.72 Å². The maximum atomic E-state index is 13.7. The Kier molecular flexibility index (Phi) is 5.83. The van der Waals surface area contributed by atoms with Crippen LogP contribution in [0.1, 0.15) is 20.3 Å². The van der Waals surface area contributed by atoms with Gasteiger partial charge in [-0.15, -0.1) is 0 Å². The minimum absolute atomic E-state index is 0.319. The summed E-state index contributed by atoms with van der Waals surface area (Å²) in [4.78, 5) is 10.3. The molecule has 0 fully saturated rings. The molecule has 2 atom stereocenters. The maximum absolute atomic E-state index is 13.7. The van der Waals surface area contributed by atoms with Crippen molar-refractivity contribution in [2.45, 2.75) is 31.2 Å². The van der Waals surface area contributed by atoms with Crippen LogP contribution in [0.5, 0.6) is 0 Å². The molecule has 0 aliphatic carbocycles. The molecule has 0 saturated carbocycles. The van der Waals surface area contributed by atoms with Crippen LogP contribution in [0.2, 0.25) is 0 Å². The van der Waals surface area contributed by atoms with Gasteiger partial charge in [-0.1, -0.05) is 20.3 Å². The van der Waals surface area contributed by atoms with Crippen molar-refractivity contribution in [2.75, 3.05) is 0 Å². The normalized spacial score (nSPS) is 14.7. The zero-order chi connectivity index (χ0) is 16.4. The molecule has 118 valence electrons. The molecule has 5 nitrogen and oxygen atoms in total. The third-order valence-electron chi connectivity index (χ3n) is 2.99. The highest BCUT2D eigenvalue weighted by atomic mass is 79.9. The molecule has 0 spiro atoms. The summed E-state index contributed by atoms with van der Waals surface area (Å²) in [6, 6.07) is -0.203. The summed E-state index contributed by atoms with van der Waals surface area (Å²) in [5.41, 5.74) is 0. The van der Waals surface area contributed by atoms with Crippen molar-refractivity contribution in [3.05, 3.63) is 28.2 Å². The molecule has 0 saturated heterocycles. The molecular formula is C12H14BrF2NO4S. The van der Waals surface area contributed by atoms with Crippen molar-refractivity contribution in [3.8, 4) is 0 Å². The first kappa shape index (κ1) is 18.0. The molecule has 0 aliphatic rings. The average molecular weight is 386 g/mol. The molecule has 0 aromatic heterocycles. The molecule has 1 aromatic carbocycles. The van der Waals surface area contributed by atoms with Crippen LogP contribution in [0.25, 0.3) is 0 Å². The van der Waals surface area contributed by atoms with E-state index in [9.17, 15) is 22.0 Å². The number of rotatable bonds is 6. The van der Waals surface area contributed by atoms with Gasteiger partial charge in [0, 0.05) is 10.5 Å². The van der Waals surface area contributed by atoms with Crippen LogP contribution in [0.3, 0.4) is 0 Å². The van der Waals surface area contributed by atoms with E-state index >= 15 is 0 Å². The minimum Gasteiger partial charge on any atom is -0.480 e. The number of carbonyl (C=O) groups is 1. The van der Waals surface area contributed by atoms with E-state index in [4.69, 9.17) is 5.11 Å². The zero-order valence-corrected chi connectivity index (χ0v) is 13.6. The van der Waals surface area contributed by atoms with Crippen LogP contribution >= 0.6 is 15.9 Å². The average Bonchev–Trinajstić information content (AvgIpc) is 2.33. The predicted molar refractivity (Wildman–Crippen MR) is 75.3 cm³/mol. The van der Waals surface area contributed by atoms with Crippen LogP contribution in [-0.2, 0) is 14.8 Å². The lowest BCUT2D eigenvalue weighted by molar-refractivity contribution is -0.140. The van der Waals surface area contributed by atoms with Gasteiger partial charge in [-0.2, -0.15) is 4.72 Å². The van der Waals surface area contributed by atoms with E-state index in [1.165, 1.54) is 0 Å². The van der Waals surface area contributed by atoms with E-state index in [-0.39, 0.29) is 4.47 Å². The third kappa shape index (κ3) is 4.21. The second kappa shape index (κ2) is 6.80. The highest BCUT2D eigenvalue weighted by molar-refractivity contribution is 9.10. The van der Waals surface area contributed by atoms with Crippen molar-refractivity contribution >= 4 is 31.9 Å². The number of hydrogen-bond donors (Lipinski definition) is 2.